The molecule has 2 fully saturated rings. The molecule has 2 aliphatic rings. The van der Waals surface area contributed by atoms with Gasteiger partial charge in [0.15, 0.2) is 11.5 Å². The number of hydrogen-bond acceptors (Lipinski definition) is 9. The summed E-state index contributed by atoms with van der Waals surface area (Å²) in [7, 11) is -0.492. The fourth-order valence-corrected chi connectivity index (χ4v) is 5.51. The molecule has 0 radical (unpaired) electrons. The molecule has 2 saturated heterocycles. The average molecular weight is 395 g/mol. The van der Waals surface area contributed by atoms with E-state index in [0.29, 0.717) is 24.5 Å². The van der Waals surface area contributed by atoms with Crippen LogP contribution in [-0.2, 0) is 20.8 Å². The Morgan fingerprint density at radius 2 is 1.67 bits per heavy atom. The highest BCUT2D eigenvalue weighted by Crippen LogP contribution is 2.44. The van der Waals surface area contributed by atoms with Crippen molar-refractivity contribution in [2.75, 3.05) is 71.3 Å². The van der Waals surface area contributed by atoms with Crippen LogP contribution in [0.2, 0.25) is 0 Å². The molecule has 2 aromatic rings. The fourth-order valence-electron chi connectivity index (χ4n) is 3.28. The molecule has 0 aromatic carbocycles. The van der Waals surface area contributed by atoms with Crippen molar-refractivity contribution >= 4 is 25.2 Å². The second kappa shape index (κ2) is 9.18. The first-order chi connectivity index (χ1) is 13.3. The van der Waals surface area contributed by atoms with Gasteiger partial charge in [-0.15, -0.1) is 0 Å². The van der Waals surface area contributed by atoms with Crippen LogP contribution in [0.15, 0.2) is 12.7 Å². The summed E-state index contributed by atoms with van der Waals surface area (Å²) in [6, 6.07) is 0. The summed E-state index contributed by atoms with van der Waals surface area (Å²) in [4.78, 5) is 12.5. The molecular formula is C16H26N7O3P. The van der Waals surface area contributed by atoms with Crippen LogP contribution in [0.5, 0.6) is 0 Å². The summed E-state index contributed by atoms with van der Waals surface area (Å²) >= 11 is 0. The number of morpholine rings is 2. The molecule has 2 aliphatic heterocycles. The number of ether oxygens (including phenoxy) is 3. The first-order valence-electron chi connectivity index (χ1n) is 9.25. The summed E-state index contributed by atoms with van der Waals surface area (Å²) in [5.74, 6) is 0.405. The lowest BCUT2D eigenvalue weighted by Crippen LogP contribution is -2.42. The second-order valence-corrected chi connectivity index (χ2v) is 8.54. The Hall–Kier alpha value is -1.42. The van der Waals surface area contributed by atoms with E-state index >= 15 is 0 Å². The van der Waals surface area contributed by atoms with Crippen molar-refractivity contribution in [1.82, 2.24) is 28.9 Å². The van der Waals surface area contributed by atoms with E-state index in [1.807, 2.05) is 4.57 Å². The van der Waals surface area contributed by atoms with E-state index in [1.165, 1.54) is 6.33 Å². The van der Waals surface area contributed by atoms with Gasteiger partial charge in [-0.3, -0.25) is 9.34 Å². The molecule has 0 unspecified atom stereocenters. The number of rotatable bonds is 7. The lowest BCUT2D eigenvalue weighted by atomic mass is 10.5. The quantitative estimate of drug-likeness (QED) is 0.526. The van der Waals surface area contributed by atoms with Crippen molar-refractivity contribution in [2.24, 2.45) is 0 Å². The lowest BCUT2D eigenvalue weighted by Gasteiger charge is -2.42. The van der Waals surface area contributed by atoms with Crippen molar-refractivity contribution in [2.45, 2.75) is 6.54 Å². The Bertz CT molecular complexity index is 716. The van der Waals surface area contributed by atoms with Gasteiger partial charge in [-0.25, -0.2) is 15.0 Å². The third kappa shape index (κ3) is 4.53. The van der Waals surface area contributed by atoms with Gasteiger partial charge in [0.1, 0.15) is 11.8 Å². The highest BCUT2D eigenvalue weighted by Gasteiger charge is 2.28. The summed E-state index contributed by atoms with van der Waals surface area (Å²) in [6.07, 6.45) is 3.93. The molecular weight excluding hydrogens is 369 g/mol. The molecule has 0 amide bonds. The standard InChI is InChI=1S/C16H26N7O3P/c17-15-14-16(19-11-18-15)21(12-20-14)1-6-26-13-27(22-2-7-24-8-3-22)23-4-9-25-10-5-23/h11-12H,1-10,13H2,(H2,17,18,19). The number of nitrogen functional groups attached to an aromatic ring is 1. The number of hydrogen-bond donors (Lipinski definition) is 1. The molecule has 0 aliphatic carbocycles. The van der Waals surface area contributed by atoms with Gasteiger partial charge < -0.3 is 24.5 Å². The van der Waals surface area contributed by atoms with E-state index in [-0.39, 0.29) is 0 Å². The number of imidazole rings is 1. The van der Waals surface area contributed by atoms with E-state index in [0.717, 1.165) is 64.6 Å². The minimum atomic E-state index is -0.492. The number of anilines is 1. The maximum Gasteiger partial charge on any atom is 0.165 e. The maximum absolute atomic E-state index is 6.10. The molecule has 148 valence electrons. The van der Waals surface area contributed by atoms with Crippen LogP contribution < -0.4 is 5.73 Å². The normalized spacial score (nSPS) is 19.9. The molecule has 0 bridgehead atoms. The van der Waals surface area contributed by atoms with E-state index in [1.54, 1.807) is 6.33 Å². The molecule has 2 N–H and O–H groups in total. The third-order valence-electron chi connectivity index (χ3n) is 4.74. The average Bonchev–Trinajstić information content (AvgIpc) is 3.14. The van der Waals surface area contributed by atoms with Crippen LogP contribution in [-0.4, -0.2) is 94.4 Å². The molecule has 27 heavy (non-hydrogen) atoms. The van der Waals surface area contributed by atoms with Crippen LogP contribution in [0, 0.1) is 0 Å². The summed E-state index contributed by atoms with van der Waals surface area (Å²) in [5, 5.41) is 0. The number of fused-ring (bicyclic) bond motifs is 1. The highest BCUT2D eigenvalue weighted by atomic mass is 31.1. The van der Waals surface area contributed by atoms with E-state index < -0.39 is 8.22 Å². The summed E-state index contributed by atoms with van der Waals surface area (Å²) in [6.45, 7) is 8.34. The first-order valence-corrected chi connectivity index (χ1v) is 10.7. The monoisotopic (exact) mass is 395 g/mol. The van der Waals surface area contributed by atoms with Crippen LogP contribution in [0.4, 0.5) is 5.82 Å². The van der Waals surface area contributed by atoms with Gasteiger partial charge in [0.25, 0.3) is 0 Å². The van der Waals surface area contributed by atoms with Crippen molar-refractivity contribution in [3.8, 4) is 0 Å². The first kappa shape index (κ1) is 18.9. The lowest BCUT2D eigenvalue weighted by molar-refractivity contribution is 0.0540. The fraction of sp³-hybridized carbons (Fsp3) is 0.688. The zero-order valence-electron chi connectivity index (χ0n) is 15.4. The molecule has 0 spiro atoms. The molecule has 0 atom stereocenters. The Morgan fingerprint density at radius 1 is 1.00 bits per heavy atom. The molecule has 10 nitrogen and oxygen atoms in total. The van der Waals surface area contributed by atoms with Gasteiger partial charge in [-0.2, -0.15) is 0 Å². The zero-order chi connectivity index (χ0) is 18.5. The van der Waals surface area contributed by atoms with Crippen LogP contribution in [0.25, 0.3) is 11.2 Å². The van der Waals surface area contributed by atoms with E-state index in [4.69, 9.17) is 19.9 Å². The Labute approximate surface area is 159 Å². The van der Waals surface area contributed by atoms with E-state index in [2.05, 4.69) is 24.3 Å². The van der Waals surface area contributed by atoms with Crippen LogP contribution in [0.3, 0.4) is 0 Å². The smallest absolute Gasteiger partial charge is 0.165 e. The maximum atomic E-state index is 6.10. The van der Waals surface area contributed by atoms with E-state index in [9.17, 15) is 0 Å². The van der Waals surface area contributed by atoms with Gasteiger partial charge in [-0.05, 0) is 0 Å². The molecule has 0 saturated carbocycles. The predicted octanol–water partition coefficient (Wildman–Crippen LogP) is 0.359. The van der Waals surface area contributed by atoms with Gasteiger partial charge in [0.2, 0.25) is 0 Å². The molecule has 4 heterocycles. The largest absolute Gasteiger partial charge is 0.382 e. The number of nitrogens with two attached hydrogens (primary N) is 1. The second-order valence-electron chi connectivity index (χ2n) is 6.41. The molecule has 11 heteroatoms. The van der Waals surface area contributed by atoms with Gasteiger partial charge >= 0.3 is 0 Å². The van der Waals surface area contributed by atoms with Crippen LogP contribution >= 0.6 is 8.22 Å². The Morgan fingerprint density at radius 3 is 2.33 bits per heavy atom. The zero-order valence-corrected chi connectivity index (χ0v) is 16.3. The van der Waals surface area contributed by atoms with Gasteiger partial charge in [0, 0.05) is 32.7 Å². The van der Waals surface area contributed by atoms with Gasteiger partial charge in [0.05, 0.1) is 53.9 Å². The summed E-state index contributed by atoms with van der Waals surface area (Å²) < 4.78 is 24.1. The highest BCUT2D eigenvalue weighted by molar-refractivity contribution is 7.52. The summed E-state index contributed by atoms with van der Waals surface area (Å²) in [5.41, 5.74) is 7.23. The number of nitrogens with zero attached hydrogens (tertiary/aromatic N) is 6. The Kier molecular flexibility index (Phi) is 6.43. The third-order valence-corrected chi connectivity index (χ3v) is 7.26. The Balaban J connectivity index is 1.33. The minimum absolute atomic E-state index is 0.405. The van der Waals surface area contributed by atoms with Crippen molar-refractivity contribution in [3.05, 3.63) is 12.7 Å². The van der Waals surface area contributed by atoms with Crippen molar-refractivity contribution < 1.29 is 14.2 Å². The SMILES string of the molecule is Nc1ncnc2c1ncn2CCOCP(N1CCOCC1)N1CCOCC1. The van der Waals surface area contributed by atoms with Crippen molar-refractivity contribution in [3.63, 3.8) is 0 Å². The topological polar surface area (TPSA) is 104 Å². The molecule has 4 rings (SSSR count). The molecule has 2 aromatic heterocycles. The number of aromatic nitrogens is 4. The van der Waals surface area contributed by atoms with Crippen molar-refractivity contribution in [1.29, 1.82) is 0 Å². The van der Waals surface area contributed by atoms with Crippen LogP contribution in [0.1, 0.15) is 0 Å². The van der Waals surface area contributed by atoms with Gasteiger partial charge in [-0.1, -0.05) is 0 Å². The predicted molar refractivity (Wildman–Crippen MR) is 102 cm³/mol. The minimum Gasteiger partial charge on any atom is -0.382 e.